The Balaban J connectivity index is 1.41. The fourth-order valence-electron chi connectivity index (χ4n) is 4.17. The summed E-state index contributed by atoms with van der Waals surface area (Å²) < 4.78 is 7.70. The van der Waals surface area contributed by atoms with Crippen molar-refractivity contribution in [2.75, 3.05) is 26.7 Å². The molecule has 0 spiro atoms. The summed E-state index contributed by atoms with van der Waals surface area (Å²) in [6, 6.07) is 13.5. The summed E-state index contributed by atoms with van der Waals surface area (Å²) in [5.41, 5.74) is 1.63. The van der Waals surface area contributed by atoms with E-state index < -0.39 is 0 Å². The molecule has 4 rings (SSSR count). The van der Waals surface area contributed by atoms with Crippen molar-refractivity contribution in [3.05, 3.63) is 69.2 Å². The molecule has 1 N–H and O–H groups in total. The van der Waals surface area contributed by atoms with Crippen LogP contribution < -0.4 is 15.6 Å². The first kappa shape index (κ1) is 22.5. The van der Waals surface area contributed by atoms with Crippen molar-refractivity contribution in [2.24, 2.45) is 0 Å². The van der Waals surface area contributed by atoms with E-state index in [9.17, 15) is 9.59 Å². The number of aryl methyl sites for hydroxylation is 1. The number of carbonyl (C=O) groups is 1. The van der Waals surface area contributed by atoms with Gasteiger partial charge in [0.25, 0.3) is 5.56 Å². The van der Waals surface area contributed by atoms with E-state index in [-0.39, 0.29) is 30.5 Å². The molecule has 32 heavy (non-hydrogen) atoms. The number of nitrogens with one attached hydrogen (secondary N) is 1. The number of methoxy groups -OCH3 is 1. The van der Waals surface area contributed by atoms with Gasteiger partial charge in [-0.05, 0) is 61.8 Å². The monoisotopic (exact) mass is 498 g/mol. The molecule has 1 fully saturated rings. The maximum atomic E-state index is 12.7. The number of amides is 1. The topological polar surface area (TPSA) is 76.5 Å². The van der Waals surface area contributed by atoms with Crippen LogP contribution in [0, 0.1) is 0 Å². The number of hydrogen-bond acceptors (Lipinski definition) is 5. The minimum absolute atomic E-state index is 0.0849. The standard InChI is InChI=1S/C24H27BrN4O3/c1-32-19-6-4-5-17(13-19)22(28-10-2-3-11-28)15-26-23(30)9-12-29-16-27-21-8-7-18(25)14-20(21)24(29)31/h4-8,13-14,16,22H,2-3,9-12,15H2,1H3,(H,26,30). The molecule has 0 aliphatic carbocycles. The van der Waals surface area contributed by atoms with E-state index in [0.29, 0.717) is 17.4 Å². The summed E-state index contributed by atoms with van der Waals surface area (Å²) >= 11 is 3.39. The lowest BCUT2D eigenvalue weighted by molar-refractivity contribution is -0.121. The number of halogens is 1. The van der Waals surface area contributed by atoms with Crippen LogP contribution in [0.1, 0.15) is 30.9 Å². The normalized spacial score (nSPS) is 15.1. The Morgan fingerprint density at radius 2 is 2.03 bits per heavy atom. The second kappa shape index (κ2) is 10.3. The van der Waals surface area contributed by atoms with Crippen LogP contribution >= 0.6 is 15.9 Å². The highest BCUT2D eigenvalue weighted by Gasteiger charge is 2.24. The number of aromatic nitrogens is 2. The summed E-state index contributed by atoms with van der Waals surface area (Å²) in [7, 11) is 1.66. The average Bonchev–Trinajstić information content (AvgIpc) is 3.34. The van der Waals surface area contributed by atoms with Gasteiger partial charge in [0.1, 0.15) is 5.75 Å². The highest BCUT2D eigenvalue weighted by Crippen LogP contribution is 2.27. The SMILES string of the molecule is COc1cccc(C(CNC(=O)CCn2cnc3ccc(Br)cc3c2=O)N2CCCC2)c1. The van der Waals surface area contributed by atoms with Crippen molar-refractivity contribution >= 4 is 32.7 Å². The van der Waals surface area contributed by atoms with Crippen molar-refractivity contribution in [1.29, 1.82) is 0 Å². The Bertz CT molecular complexity index is 1160. The maximum Gasteiger partial charge on any atom is 0.261 e. The van der Waals surface area contributed by atoms with E-state index in [1.54, 1.807) is 19.2 Å². The van der Waals surface area contributed by atoms with Gasteiger partial charge >= 0.3 is 0 Å². The third-order valence-corrected chi connectivity index (χ3v) is 6.41. The van der Waals surface area contributed by atoms with Crippen LogP contribution in [0.25, 0.3) is 10.9 Å². The molecule has 1 amide bonds. The van der Waals surface area contributed by atoms with Gasteiger partial charge in [-0.25, -0.2) is 4.98 Å². The van der Waals surface area contributed by atoms with Gasteiger partial charge in [0.05, 0.1) is 30.4 Å². The van der Waals surface area contributed by atoms with Gasteiger partial charge < -0.3 is 10.1 Å². The Hall–Kier alpha value is -2.71. The van der Waals surface area contributed by atoms with Crippen LogP contribution in [0.4, 0.5) is 0 Å². The van der Waals surface area contributed by atoms with Crippen LogP contribution in [-0.4, -0.2) is 47.1 Å². The molecule has 1 unspecified atom stereocenters. The minimum Gasteiger partial charge on any atom is -0.497 e. The zero-order chi connectivity index (χ0) is 22.5. The van der Waals surface area contributed by atoms with Crippen molar-refractivity contribution < 1.29 is 9.53 Å². The number of fused-ring (bicyclic) bond motifs is 1. The number of ether oxygens (including phenoxy) is 1. The average molecular weight is 499 g/mol. The van der Waals surface area contributed by atoms with Crippen LogP contribution in [-0.2, 0) is 11.3 Å². The first-order valence-corrected chi connectivity index (χ1v) is 11.6. The molecule has 1 saturated heterocycles. The molecule has 0 radical (unpaired) electrons. The smallest absolute Gasteiger partial charge is 0.261 e. The van der Waals surface area contributed by atoms with Gasteiger partial charge in [0, 0.05) is 24.0 Å². The maximum absolute atomic E-state index is 12.7. The molecule has 3 aromatic rings. The first-order valence-electron chi connectivity index (χ1n) is 10.8. The molecule has 7 nitrogen and oxygen atoms in total. The summed E-state index contributed by atoms with van der Waals surface area (Å²) in [6.07, 6.45) is 4.06. The fraction of sp³-hybridized carbons (Fsp3) is 0.375. The molecule has 168 valence electrons. The van der Waals surface area contributed by atoms with Crippen molar-refractivity contribution in [3.8, 4) is 5.75 Å². The molecule has 0 bridgehead atoms. The van der Waals surface area contributed by atoms with Crippen molar-refractivity contribution in [1.82, 2.24) is 19.8 Å². The molecule has 1 aliphatic rings. The third-order valence-electron chi connectivity index (χ3n) is 5.92. The van der Waals surface area contributed by atoms with Gasteiger partial charge in [0.2, 0.25) is 5.91 Å². The zero-order valence-electron chi connectivity index (χ0n) is 18.1. The number of hydrogen-bond donors (Lipinski definition) is 1. The van der Waals surface area contributed by atoms with Gasteiger partial charge in [0.15, 0.2) is 0 Å². The van der Waals surface area contributed by atoms with E-state index in [4.69, 9.17) is 4.74 Å². The minimum atomic E-state index is -0.143. The summed E-state index contributed by atoms with van der Waals surface area (Å²) in [6.45, 7) is 2.84. The van der Waals surface area contributed by atoms with Gasteiger partial charge in [-0.15, -0.1) is 0 Å². The van der Waals surface area contributed by atoms with Crippen LogP contribution in [0.2, 0.25) is 0 Å². The largest absolute Gasteiger partial charge is 0.497 e. The molecule has 2 aromatic carbocycles. The number of benzene rings is 2. The van der Waals surface area contributed by atoms with Crippen LogP contribution in [0.5, 0.6) is 5.75 Å². The zero-order valence-corrected chi connectivity index (χ0v) is 19.7. The lowest BCUT2D eigenvalue weighted by atomic mass is 10.0. The quantitative estimate of drug-likeness (QED) is 0.514. The summed E-state index contributed by atoms with van der Waals surface area (Å²) in [4.78, 5) is 32.1. The van der Waals surface area contributed by atoms with Gasteiger partial charge in [-0.1, -0.05) is 28.1 Å². The van der Waals surface area contributed by atoms with Crippen molar-refractivity contribution in [3.63, 3.8) is 0 Å². The summed E-state index contributed by atoms with van der Waals surface area (Å²) in [5, 5.41) is 3.60. The highest BCUT2D eigenvalue weighted by atomic mass is 79.9. The lowest BCUT2D eigenvalue weighted by Crippen LogP contribution is -2.37. The Morgan fingerprint density at radius 1 is 1.22 bits per heavy atom. The second-order valence-corrected chi connectivity index (χ2v) is 8.91. The molecular weight excluding hydrogens is 472 g/mol. The molecule has 2 heterocycles. The number of likely N-dealkylation sites (tertiary alicyclic amines) is 1. The number of rotatable bonds is 8. The Labute approximate surface area is 195 Å². The molecule has 1 aromatic heterocycles. The second-order valence-electron chi connectivity index (χ2n) is 7.99. The molecule has 0 saturated carbocycles. The molecule has 1 aliphatic heterocycles. The van der Waals surface area contributed by atoms with Crippen LogP contribution in [0.15, 0.2) is 58.1 Å². The van der Waals surface area contributed by atoms with Gasteiger partial charge in [-0.2, -0.15) is 0 Å². The summed E-state index contributed by atoms with van der Waals surface area (Å²) in [5.74, 6) is 0.728. The van der Waals surface area contributed by atoms with E-state index >= 15 is 0 Å². The fourth-order valence-corrected chi connectivity index (χ4v) is 4.53. The Kier molecular flexibility index (Phi) is 7.22. The third kappa shape index (κ3) is 5.19. The van der Waals surface area contributed by atoms with E-state index in [0.717, 1.165) is 28.9 Å². The predicted molar refractivity (Wildman–Crippen MR) is 128 cm³/mol. The molecule has 1 atom stereocenters. The van der Waals surface area contributed by atoms with Crippen LogP contribution in [0.3, 0.4) is 0 Å². The first-order chi connectivity index (χ1) is 15.5. The predicted octanol–water partition coefficient (Wildman–Crippen LogP) is 3.51. The van der Waals surface area contributed by atoms with E-state index in [2.05, 4.69) is 37.2 Å². The number of nitrogens with zero attached hydrogens (tertiary/aromatic N) is 3. The van der Waals surface area contributed by atoms with E-state index in [1.807, 2.05) is 24.3 Å². The Morgan fingerprint density at radius 3 is 2.81 bits per heavy atom. The number of carbonyl (C=O) groups excluding carboxylic acids is 1. The molecular formula is C24H27BrN4O3. The highest BCUT2D eigenvalue weighted by molar-refractivity contribution is 9.10. The molecule has 8 heteroatoms. The van der Waals surface area contributed by atoms with Crippen molar-refractivity contribution in [2.45, 2.75) is 31.8 Å². The van der Waals surface area contributed by atoms with E-state index in [1.165, 1.54) is 23.7 Å². The van der Waals surface area contributed by atoms with Gasteiger partial charge in [-0.3, -0.25) is 19.1 Å². The lowest BCUT2D eigenvalue weighted by Gasteiger charge is -2.28.